The van der Waals surface area contributed by atoms with Gasteiger partial charge in [0.15, 0.2) is 0 Å². The predicted octanol–water partition coefficient (Wildman–Crippen LogP) is 2.17. The molecule has 6 heteroatoms. The number of anilines is 2. The van der Waals surface area contributed by atoms with Gasteiger partial charge in [-0.15, -0.1) is 0 Å². The fourth-order valence-electron chi connectivity index (χ4n) is 1.96. The standard InChI is InChI=1S/C15H13N5O/c16-20-12-4-6-14(18-9-12)15(21)19-11-3-5-13-10(8-11)2-1-7-17-13/h1-9,20H,16H2,(H,19,21). The van der Waals surface area contributed by atoms with Gasteiger partial charge in [0, 0.05) is 17.3 Å². The van der Waals surface area contributed by atoms with E-state index < -0.39 is 0 Å². The Morgan fingerprint density at radius 3 is 2.67 bits per heavy atom. The third-order valence-electron chi connectivity index (χ3n) is 3.02. The van der Waals surface area contributed by atoms with Gasteiger partial charge >= 0.3 is 0 Å². The van der Waals surface area contributed by atoms with Gasteiger partial charge in [-0.2, -0.15) is 0 Å². The molecule has 2 aromatic heterocycles. The van der Waals surface area contributed by atoms with Crippen LogP contribution in [-0.4, -0.2) is 15.9 Å². The van der Waals surface area contributed by atoms with Crippen LogP contribution < -0.4 is 16.6 Å². The molecule has 0 aliphatic heterocycles. The van der Waals surface area contributed by atoms with Crippen LogP contribution in [0.4, 0.5) is 11.4 Å². The summed E-state index contributed by atoms with van der Waals surface area (Å²) in [5.41, 5.74) is 5.00. The molecule has 21 heavy (non-hydrogen) atoms. The number of hydrazine groups is 1. The molecule has 0 radical (unpaired) electrons. The molecule has 0 saturated carbocycles. The molecule has 4 N–H and O–H groups in total. The van der Waals surface area contributed by atoms with Crippen LogP contribution in [-0.2, 0) is 0 Å². The van der Waals surface area contributed by atoms with Gasteiger partial charge in [-0.3, -0.25) is 15.6 Å². The van der Waals surface area contributed by atoms with Crippen molar-refractivity contribution in [3.05, 3.63) is 60.6 Å². The minimum atomic E-state index is -0.276. The summed E-state index contributed by atoms with van der Waals surface area (Å²) in [5.74, 6) is 4.98. The number of carbonyl (C=O) groups excluding carboxylic acids is 1. The number of nitrogens with one attached hydrogen (secondary N) is 2. The lowest BCUT2D eigenvalue weighted by atomic mass is 10.2. The molecule has 2 heterocycles. The summed E-state index contributed by atoms with van der Waals surface area (Å²) < 4.78 is 0. The summed E-state index contributed by atoms with van der Waals surface area (Å²) in [5, 5.41) is 3.77. The number of rotatable bonds is 3. The average Bonchev–Trinajstić information content (AvgIpc) is 2.55. The van der Waals surface area contributed by atoms with Gasteiger partial charge in [-0.05, 0) is 36.4 Å². The molecule has 1 amide bonds. The lowest BCUT2D eigenvalue weighted by molar-refractivity contribution is 0.102. The molecule has 0 spiro atoms. The highest BCUT2D eigenvalue weighted by atomic mass is 16.1. The Balaban J connectivity index is 1.81. The smallest absolute Gasteiger partial charge is 0.274 e. The zero-order chi connectivity index (χ0) is 14.7. The molecule has 1 aromatic carbocycles. The fourth-order valence-corrected chi connectivity index (χ4v) is 1.96. The number of nitrogens with two attached hydrogens (primary N) is 1. The third-order valence-corrected chi connectivity index (χ3v) is 3.02. The van der Waals surface area contributed by atoms with Crippen LogP contribution in [0.3, 0.4) is 0 Å². The second kappa shape index (κ2) is 5.56. The van der Waals surface area contributed by atoms with Crippen molar-refractivity contribution in [3.63, 3.8) is 0 Å². The Morgan fingerprint density at radius 1 is 1.05 bits per heavy atom. The van der Waals surface area contributed by atoms with Crippen LogP contribution >= 0.6 is 0 Å². The Hall–Kier alpha value is -2.99. The monoisotopic (exact) mass is 279 g/mol. The topological polar surface area (TPSA) is 92.9 Å². The highest BCUT2D eigenvalue weighted by Crippen LogP contribution is 2.17. The Bertz CT molecular complexity index is 785. The van der Waals surface area contributed by atoms with E-state index in [9.17, 15) is 4.79 Å². The van der Waals surface area contributed by atoms with Gasteiger partial charge < -0.3 is 10.7 Å². The van der Waals surface area contributed by atoms with E-state index in [1.807, 2.05) is 30.3 Å². The summed E-state index contributed by atoms with van der Waals surface area (Å²) in [4.78, 5) is 20.4. The fraction of sp³-hybridized carbons (Fsp3) is 0. The number of aromatic nitrogens is 2. The largest absolute Gasteiger partial charge is 0.323 e. The number of carbonyl (C=O) groups is 1. The van der Waals surface area contributed by atoms with E-state index in [0.29, 0.717) is 17.1 Å². The highest BCUT2D eigenvalue weighted by molar-refractivity contribution is 6.03. The van der Waals surface area contributed by atoms with E-state index in [0.717, 1.165) is 10.9 Å². The molecule has 0 atom stereocenters. The number of benzene rings is 1. The molecule has 0 bridgehead atoms. The predicted molar refractivity (Wildman–Crippen MR) is 81.7 cm³/mol. The second-order valence-electron chi connectivity index (χ2n) is 4.44. The number of hydrogen-bond acceptors (Lipinski definition) is 5. The van der Waals surface area contributed by atoms with Crippen molar-refractivity contribution in [1.29, 1.82) is 0 Å². The van der Waals surface area contributed by atoms with Crippen molar-refractivity contribution in [1.82, 2.24) is 9.97 Å². The van der Waals surface area contributed by atoms with Crippen LogP contribution in [0.15, 0.2) is 54.9 Å². The first kappa shape index (κ1) is 13.0. The lowest BCUT2D eigenvalue weighted by Gasteiger charge is -2.06. The van der Waals surface area contributed by atoms with Crippen LogP contribution in [0.1, 0.15) is 10.5 Å². The van der Waals surface area contributed by atoms with Gasteiger partial charge in [-0.1, -0.05) is 6.07 Å². The van der Waals surface area contributed by atoms with E-state index in [-0.39, 0.29) is 5.91 Å². The molecule has 0 aliphatic rings. The quantitative estimate of drug-likeness (QED) is 0.504. The molecular formula is C15H13N5O. The Morgan fingerprint density at radius 2 is 1.90 bits per heavy atom. The lowest BCUT2D eigenvalue weighted by Crippen LogP contribution is -2.14. The Labute approximate surface area is 121 Å². The number of amides is 1. The number of nitrogens with zero attached hydrogens (tertiary/aromatic N) is 2. The molecule has 0 saturated heterocycles. The minimum Gasteiger partial charge on any atom is -0.323 e. The second-order valence-corrected chi connectivity index (χ2v) is 4.44. The zero-order valence-corrected chi connectivity index (χ0v) is 11.1. The summed E-state index contributed by atoms with van der Waals surface area (Å²) in [6.07, 6.45) is 3.23. The van der Waals surface area contributed by atoms with E-state index >= 15 is 0 Å². The average molecular weight is 279 g/mol. The van der Waals surface area contributed by atoms with Gasteiger partial charge in [0.05, 0.1) is 17.4 Å². The molecular weight excluding hydrogens is 266 g/mol. The maximum Gasteiger partial charge on any atom is 0.274 e. The van der Waals surface area contributed by atoms with Crippen LogP contribution in [0.25, 0.3) is 10.9 Å². The van der Waals surface area contributed by atoms with Gasteiger partial charge in [-0.25, -0.2) is 4.98 Å². The summed E-state index contributed by atoms with van der Waals surface area (Å²) in [7, 11) is 0. The van der Waals surface area contributed by atoms with Crippen molar-refractivity contribution in [3.8, 4) is 0 Å². The van der Waals surface area contributed by atoms with E-state index in [1.165, 1.54) is 6.20 Å². The van der Waals surface area contributed by atoms with Crippen molar-refractivity contribution in [2.24, 2.45) is 5.84 Å². The number of hydrogen-bond donors (Lipinski definition) is 3. The van der Waals surface area contributed by atoms with Crippen LogP contribution in [0.5, 0.6) is 0 Å². The summed E-state index contributed by atoms with van der Waals surface area (Å²) >= 11 is 0. The van der Waals surface area contributed by atoms with Crippen LogP contribution in [0.2, 0.25) is 0 Å². The molecule has 6 nitrogen and oxygen atoms in total. The first-order valence-corrected chi connectivity index (χ1v) is 6.35. The van der Waals surface area contributed by atoms with Gasteiger partial charge in [0.2, 0.25) is 0 Å². The van der Waals surface area contributed by atoms with Crippen molar-refractivity contribution in [2.45, 2.75) is 0 Å². The molecule has 3 rings (SSSR count). The first-order valence-electron chi connectivity index (χ1n) is 6.35. The number of pyridine rings is 2. The molecule has 104 valence electrons. The molecule has 0 unspecified atom stereocenters. The summed E-state index contributed by atoms with van der Waals surface area (Å²) in [6, 6.07) is 12.6. The number of nitrogen functional groups attached to an aromatic ring is 1. The SMILES string of the molecule is NNc1ccc(C(=O)Nc2ccc3ncccc3c2)nc1. The summed E-state index contributed by atoms with van der Waals surface area (Å²) in [6.45, 7) is 0. The van der Waals surface area contributed by atoms with Gasteiger partial charge in [0.25, 0.3) is 5.91 Å². The zero-order valence-electron chi connectivity index (χ0n) is 11.1. The van der Waals surface area contributed by atoms with E-state index in [4.69, 9.17) is 5.84 Å². The Kier molecular flexibility index (Phi) is 3.44. The maximum absolute atomic E-state index is 12.1. The van der Waals surface area contributed by atoms with E-state index in [2.05, 4.69) is 20.7 Å². The first-order chi connectivity index (χ1) is 10.3. The normalized spacial score (nSPS) is 10.3. The van der Waals surface area contributed by atoms with E-state index in [1.54, 1.807) is 18.3 Å². The van der Waals surface area contributed by atoms with Crippen LogP contribution in [0, 0.1) is 0 Å². The number of fused-ring (bicyclic) bond motifs is 1. The molecule has 3 aromatic rings. The highest BCUT2D eigenvalue weighted by Gasteiger charge is 2.08. The van der Waals surface area contributed by atoms with Gasteiger partial charge in [0.1, 0.15) is 5.69 Å². The minimum absolute atomic E-state index is 0.276. The maximum atomic E-state index is 12.1. The molecule has 0 fully saturated rings. The van der Waals surface area contributed by atoms with Crippen molar-refractivity contribution >= 4 is 28.2 Å². The third kappa shape index (κ3) is 2.80. The van der Waals surface area contributed by atoms with Crippen molar-refractivity contribution < 1.29 is 4.79 Å². The van der Waals surface area contributed by atoms with Crippen molar-refractivity contribution in [2.75, 3.05) is 10.7 Å². The molecule has 0 aliphatic carbocycles.